The molecule has 0 radical (unpaired) electrons. The maximum atomic E-state index is 12.8. The number of aliphatic hydroxyl groups is 1. The predicted octanol–water partition coefficient (Wildman–Crippen LogP) is 4.17. The molecule has 2 fully saturated rings. The molecule has 4 nitrogen and oxygen atoms in total. The Bertz CT molecular complexity index is 1060. The van der Waals surface area contributed by atoms with Crippen molar-refractivity contribution in [2.24, 2.45) is 0 Å². The normalized spacial score (nSPS) is 20.8. The van der Waals surface area contributed by atoms with Crippen molar-refractivity contribution in [3.63, 3.8) is 0 Å². The number of likely N-dealkylation sites (tertiary alicyclic amines) is 1. The van der Waals surface area contributed by atoms with Crippen molar-refractivity contribution < 1.29 is 26.7 Å². The van der Waals surface area contributed by atoms with E-state index in [0.29, 0.717) is 5.56 Å². The van der Waals surface area contributed by atoms with Crippen molar-refractivity contribution in [2.75, 3.05) is 24.6 Å². The fraction of sp³-hybridized carbons (Fsp3) is 0.391. The van der Waals surface area contributed by atoms with Gasteiger partial charge in [0.15, 0.2) is 9.84 Å². The average molecular weight is 452 g/mol. The summed E-state index contributed by atoms with van der Waals surface area (Å²) in [5, 5.41) is 10.4. The van der Waals surface area contributed by atoms with E-state index in [-0.39, 0.29) is 17.4 Å². The van der Waals surface area contributed by atoms with Crippen molar-refractivity contribution in [1.82, 2.24) is 4.90 Å². The monoisotopic (exact) mass is 451 g/mol. The number of benzene rings is 2. The molecule has 2 aromatic rings. The summed E-state index contributed by atoms with van der Waals surface area (Å²) in [6.45, 7) is 5.67. The number of nitrogens with zero attached hydrogens (tertiary/aromatic N) is 1. The molecular weight excluding hydrogens is 427 g/mol. The molecule has 2 aromatic carbocycles. The van der Waals surface area contributed by atoms with E-state index >= 15 is 0 Å². The lowest BCUT2D eigenvalue weighted by Crippen LogP contribution is -2.52. The Hall–Kier alpha value is -2.32. The molecule has 0 amide bonds. The van der Waals surface area contributed by atoms with Crippen LogP contribution in [0.2, 0.25) is 0 Å². The van der Waals surface area contributed by atoms with E-state index in [0.717, 1.165) is 54.9 Å². The maximum absolute atomic E-state index is 12.8. The Balaban J connectivity index is 1.36. The van der Waals surface area contributed by atoms with Crippen LogP contribution in [-0.4, -0.2) is 43.0 Å². The topological polar surface area (TPSA) is 57.6 Å². The third kappa shape index (κ3) is 4.50. The van der Waals surface area contributed by atoms with E-state index in [1.54, 1.807) is 24.3 Å². The Morgan fingerprint density at radius 3 is 2.03 bits per heavy atom. The SMILES string of the molecule is C=C(c1ccc(C2(O)CS(=O)(=O)C2)cc1)N1CCC(c2ccc(C(F)(F)F)cc2)CC1. The fourth-order valence-corrected chi connectivity index (χ4v) is 6.14. The van der Waals surface area contributed by atoms with Crippen LogP contribution in [0, 0.1) is 0 Å². The van der Waals surface area contributed by atoms with E-state index < -0.39 is 27.2 Å². The predicted molar refractivity (Wildman–Crippen MR) is 113 cm³/mol. The fourth-order valence-electron chi connectivity index (χ4n) is 4.43. The van der Waals surface area contributed by atoms with Gasteiger partial charge in [-0.05, 0) is 47.6 Å². The van der Waals surface area contributed by atoms with Crippen LogP contribution in [0.4, 0.5) is 13.2 Å². The van der Waals surface area contributed by atoms with Gasteiger partial charge in [-0.15, -0.1) is 0 Å². The number of hydrogen-bond acceptors (Lipinski definition) is 4. The average Bonchev–Trinajstić information content (AvgIpc) is 2.71. The highest BCUT2D eigenvalue weighted by Gasteiger charge is 2.48. The van der Waals surface area contributed by atoms with Gasteiger partial charge in [0, 0.05) is 18.8 Å². The largest absolute Gasteiger partial charge is 0.416 e. The Kier molecular flexibility index (Phi) is 5.42. The first kappa shape index (κ1) is 21.9. The zero-order chi connectivity index (χ0) is 22.4. The van der Waals surface area contributed by atoms with Gasteiger partial charge in [0.05, 0.1) is 17.1 Å². The molecule has 0 atom stereocenters. The highest BCUT2D eigenvalue weighted by Crippen LogP contribution is 2.36. The second kappa shape index (κ2) is 7.67. The van der Waals surface area contributed by atoms with Crippen LogP contribution in [0.25, 0.3) is 5.70 Å². The van der Waals surface area contributed by atoms with Crippen molar-refractivity contribution in [3.8, 4) is 0 Å². The molecule has 0 spiro atoms. The molecule has 0 bridgehead atoms. The number of sulfone groups is 1. The van der Waals surface area contributed by atoms with Gasteiger partial charge in [0.25, 0.3) is 0 Å². The number of alkyl halides is 3. The molecule has 2 aliphatic heterocycles. The summed E-state index contributed by atoms with van der Waals surface area (Å²) in [5.41, 5.74) is 1.30. The lowest BCUT2D eigenvalue weighted by molar-refractivity contribution is -0.137. The molecule has 2 saturated heterocycles. The van der Waals surface area contributed by atoms with Gasteiger partial charge in [-0.1, -0.05) is 43.0 Å². The molecule has 166 valence electrons. The zero-order valence-electron chi connectivity index (χ0n) is 16.9. The van der Waals surface area contributed by atoms with Crippen LogP contribution in [0.15, 0.2) is 55.1 Å². The van der Waals surface area contributed by atoms with E-state index in [1.165, 1.54) is 0 Å². The lowest BCUT2D eigenvalue weighted by Gasteiger charge is -2.37. The standard InChI is InChI=1S/C23H24F3NO3S/c1-16(17-2-6-20(7-3-17)22(28)14-31(29,30)15-22)27-12-10-19(11-13-27)18-4-8-21(9-5-18)23(24,25)26/h2-9,19,28H,1,10-15H2. The first-order chi connectivity index (χ1) is 14.5. The van der Waals surface area contributed by atoms with E-state index in [2.05, 4.69) is 11.5 Å². The Morgan fingerprint density at radius 2 is 1.55 bits per heavy atom. The van der Waals surface area contributed by atoms with E-state index in [4.69, 9.17) is 0 Å². The summed E-state index contributed by atoms with van der Waals surface area (Å²) < 4.78 is 61.1. The second-order valence-corrected chi connectivity index (χ2v) is 10.5. The van der Waals surface area contributed by atoms with Crippen LogP contribution in [0.1, 0.15) is 41.0 Å². The van der Waals surface area contributed by atoms with Crippen LogP contribution in [0.5, 0.6) is 0 Å². The third-order valence-electron chi connectivity index (χ3n) is 6.26. The molecule has 0 aromatic heterocycles. The summed E-state index contributed by atoms with van der Waals surface area (Å²) in [5.74, 6) is -0.293. The van der Waals surface area contributed by atoms with Crippen molar-refractivity contribution >= 4 is 15.5 Å². The minimum absolute atomic E-state index is 0.212. The first-order valence-corrected chi connectivity index (χ1v) is 11.9. The van der Waals surface area contributed by atoms with Gasteiger partial charge in [-0.2, -0.15) is 13.2 Å². The van der Waals surface area contributed by atoms with Crippen LogP contribution >= 0.6 is 0 Å². The van der Waals surface area contributed by atoms with Crippen molar-refractivity contribution in [2.45, 2.75) is 30.5 Å². The van der Waals surface area contributed by atoms with Gasteiger partial charge < -0.3 is 10.0 Å². The molecule has 4 rings (SSSR count). The van der Waals surface area contributed by atoms with E-state index in [1.807, 2.05) is 12.1 Å². The smallest absolute Gasteiger partial charge is 0.383 e. The van der Waals surface area contributed by atoms with Gasteiger partial charge >= 0.3 is 6.18 Å². The van der Waals surface area contributed by atoms with Crippen LogP contribution in [-0.2, 0) is 21.6 Å². The molecular formula is C23H24F3NO3S. The zero-order valence-corrected chi connectivity index (χ0v) is 17.7. The maximum Gasteiger partial charge on any atom is 0.416 e. The third-order valence-corrected chi connectivity index (χ3v) is 8.09. The Labute approximate surface area is 179 Å². The van der Waals surface area contributed by atoms with Gasteiger partial charge in [-0.25, -0.2) is 8.42 Å². The van der Waals surface area contributed by atoms with Crippen molar-refractivity contribution in [1.29, 1.82) is 0 Å². The first-order valence-electron chi connectivity index (χ1n) is 10.1. The minimum atomic E-state index is -4.32. The van der Waals surface area contributed by atoms with Crippen molar-refractivity contribution in [3.05, 3.63) is 77.4 Å². The number of halogens is 3. The summed E-state index contributed by atoms with van der Waals surface area (Å²) >= 11 is 0. The lowest BCUT2D eigenvalue weighted by atomic mass is 9.88. The number of rotatable bonds is 4. The van der Waals surface area contributed by atoms with Crippen LogP contribution < -0.4 is 0 Å². The molecule has 2 aliphatic rings. The molecule has 1 N–H and O–H groups in total. The van der Waals surface area contributed by atoms with Gasteiger partial charge in [0.1, 0.15) is 5.60 Å². The highest BCUT2D eigenvalue weighted by atomic mass is 32.2. The molecule has 0 aliphatic carbocycles. The molecule has 0 saturated carbocycles. The van der Waals surface area contributed by atoms with Gasteiger partial charge in [0.2, 0.25) is 0 Å². The van der Waals surface area contributed by atoms with Gasteiger partial charge in [-0.3, -0.25) is 0 Å². The summed E-state index contributed by atoms with van der Waals surface area (Å²) in [6, 6.07) is 12.6. The molecule has 31 heavy (non-hydrogen) atoms. The quantitative estimate of drug-likeness (QED) is 0.758. The highest BCUT2D eigenvalue weighted by molar-refractivity contribution is 7.92. The minimum Gasteiger partial charge on any atom is -0.383 e. The summed E-state index contributed by atoms with van der Waals surface area (Å²) in [7, 11) is -3.15. The second-order valence-electron chi connectivity index (χ2n) is 8.47. The van der Waals surface area contributed by atoms with Crippen LogP contribution in [0.3, 0.4) is 0 Å². The summed E-state index contributed by atoms with van der Waals surface area (Å²) in [4.78, 5) is 2.15. The number of hydrogen-bond donors (Lipinski definition) is 1. The van der Waals surface area contributed by atoms with E-state index in [9.17, 15) is 26.7 Å². The molecule has 8 heteroatoms. The Morgan fingerprint density at radius 1 is 1.00 bits per heavy atom. The molecule has 2 heterocycles. The number of piperidine rings is 1. The summed E-state index contributed by atoms with van der Waals surface area (Å²) in [6.07, 6.45) is -2.68. The molecule has 0 unspecified atom stereocenters.